The average Bonchev–Trinajstić information content (AvgIpc) is 2.19. The van der Waals surface area contributed by atoms with Gasteiger partial charge in [-0.1, -0.05) is 6.07 Å². The number of nitrogens with one attached hydrogen (secondary N) is 1. The number of hydrogen-bond donors (Lipinski definition) is 4. The van der Waals surface area contributed by atoms with Crippen LogP contribution in [0.2, 0.25) is 0 Å². The van der Waals surface area contributed by atoms with Gasteiger partial charge in [0.25, 0.3) is 0 Å². The minimum Gasteiger partial charge on any atom is -0.504 e. The van der Waals surface area contributed by atoms with Crippen LogP contribution < -0.4 is 3.53 Å². The van der Waals surface area contributed by atoms with Crippen molar-refractivity contribution in [3.63, 3.8) is 0 Å². The molecule has 1 aromatic carbocycles. The van der Waals surface area contributed by atoms with E-state index >= 15 is 0 Å². The first-order valence-electron chi connectivity index (χ1n) is 4.14. The zero-order valence-corrected chi connectivity index (χ0v) is 9.80. The van der Waals surface area contributed by atoms with Gasteiger partial charge in [0.15, 0.2) is 11.5 Å². The van der Waals surface area contributed by atoms with Crippen molar-refractivity contribution >= 4 is 28.8 Å². The molecule has 0 aromatic heterocycles. The van der Waals surface area contributed by atoms with Crippen molar-refractivity contribution < 1.29 is 20.1 Å². The van der Waals surface area contributed by atoms with Crippen molar-refractivity contribution in [1.29, 1.82) is 0 Å². The molecule has 6 heteroatoms. The van der Waals surface area contributed by atoms with Crippen molar-refractivity contribution in [2.24, 2.45) is 0 Å². The number of aromatic hydroxyl groups is 2. The van der Waals surface area contributed by atoms with Gasteiger partial charge in [0.05, 0.1) is 0 Å². The number of hydrogen-bond acceptors (Lipinski definition) is 4. The van der Waals surface area contributed by atoms with Crippen molar-refractivity contribution in [1.82, 2.24) is 3.53 Å². The highest BCUT2D eigenvalue weighted by Gasteiger charge is 2.16. The van der Waals surface area contributed by atoms with Crippen LogP contribution in [0.4, 0.5) is 0 Å². The molecule has 0 heterocycles. The van der Waals surface area contributed by atoms with Crippen LogP contribution in [0.3, 0.4) is 0 Å². The van der Waals surface area contributed by atoms with Crippen molar-refractivity contribution in [3.05, 3.63) is 23.8 Å². The lowest BCUT2D eigenvalue weighted by Crippen LogP contribution is -2.32. The summed E-state index contributed by atoms with van der Waals surface area (Å²) in [4.78, 5) is 10.7. The highest BCUT2D eigenvalue weighted by atomic mass is 127. The quantitative estimate of drug-likeness (QED) is 0.378. The van der Waals surface area contributed by atoms with Crippen LogP contribution in [0, 0.1) is 0 Å². The molecule has 0 radical (unpaired) electrons. The molecule has 1 aromatic rings. The first-order valence-corrected chi connectivity index (χ1v) is 5.22. The Hall–Kier alpha value is -1.02. The van der Waals surface area contributed by atoms with E-state index in [0.717, 1.165) is 0 Å². The predicted octanol–water partition coefficient (Wildman–Crippen LogP) is 1.03. The zero-order valence-electron chi connectivity index (χ0n) is 7.64. The van der Waals surface area contributed by atoms with E-state index in [1.54, 1.807) is 28.9 Å². The molecule has 0 bridgehead atoms. The third-order valence-electron chi connectivity index (χ3n) is 1.91. The summed E-state index contributed by atoms with van der Waals surface area (Å²) < 4.78 is 2.61. The van der Waals surface area contributed by atoms with Gasteiger partial charge in [-0.15, -0.1) is 0 Å². The molecule has 82 valence electrons. The monoisotopic (exact) mass is 323 g/mol. The fraction of sp³-hybridized carbons (Fsp3) is 0.222. The van der Waals surface area contributed by atoms with Crippen LogP contribution >= 0.6 is 22.9 Å². The minimum absolute atomic E-state index is 0.215. The molecule has 0 spiro atoms. The van der Waals surface area contributed by atoms with Crippen molar-refractivity contribution in [3.8, 4) is 11.5 Å². The van der Waals surface area contributed by atoms with Crippen LogP contribution in [-0.4, -0.2) is 27.3 Å². The molecule has 0 fully saturated rings. The Morgan fingerprint density at radius 3 is 2.53 bits per heavy atom. The van der Waals surface area contributed by atoms with Gasteiger partial charge >= 0.3 is 5.97 Å². The molecule has 5 nitrogen and oxygen atoms in total. The van der Waals surface area contributed by atoms with E-state index in [-0.39, 0.29) is 17.9 Å². The summed E-state index contributed by atoms with van der Waals surface area (Å²) in [5.74, 6) is -1.42. The van der Waals surface area contributed by atoms with E-state index in [2.05, 4.69) is 3.53 Å². The molecule has 4 N–H and O–H groups in total. The molecular formula is C9H10INO4. The molecular weight excluding hydrogens is 313 g/mol. The number of carboxylic acids is 1. The average molecular weight is 323 g/mol. The molecule has 0 unspecified atom stereocenters. The number of phenolic OH excluding ortho intramolecular Hbond substituents is 2. The van der Waals surface area contributed by atoms with Crippen LogP contribution in [-0.2, 0) is 11.2 Å². The number of rotatable bonds is 4. The van der Waals surface area contributed by atoms with Crippen LogP contribution in [0.1, 0.15) is 5.56 Å². The van der Waals surface area contributed by atoms with Crippen LogP contribution in [0.15, 0.2) is 18.2 Å². The highest BCUT2D eigenvalue weighted by Crippen LogP contribution is 2.25. The maximum atomic E-state index is 10.7. The molecule has 15 heavy (non-hydrogen) atoms. The predicted molar refractivity (Wildman–Crippen MR) is 62.1 cm³/mol. The largest absolute Gasteiger partial charge is 0.504 e. The Labute approximate surface area is 100 Å². The molecule has 0 aliphatic heterocycles. The fourth-order valence-electron chi connectivity index (χ4n) is 1.10. The van der Waals surface area contributed by atoms with E-state index in [1.165, 1.54) is 12.1 Å². The third-order valence-corrected chi connectivity index (χ3v) is 2.66. The molecule has 0 aliphatic carbocycles. The van der Waals surface area contributed by atoms with Crippen molar-refractivity contribution in [2.45, 2.75) is 12.5 Å². The normalized spacial score (nSPS) is 12.3. The summed E-state index contributed by atoms with van der Waals surface area (Å²) in [7, 11) is 0. The zero-order chi connectivity index (χ0) is 11.4. The third kappa shape index (κ3) is 3.24. The van der Waals surface area contributed by atoms with Gasteiger partial charge < -0.3 is 15.3 Å². The molecule has 1 atom stereocenters. The second-order valence-electron chi connectivity index (χ2n) is 3.03. The van der Waals surface area contributed by atoms with E-state index in [1.807, 2.05) is 0 Å². The Balaban J connectivity index is 2.80. The van der Waals surface area contributed by atoms with Gasteiger partial charge in [-0.05, 0) is 24.1 Å². The molecule has 0 amide bonds. The molecule has 0 aliphatic rings. The van der Waals surface area contributed by atoms with Gasteiger partial charge in [0, 0.05) is 22.9 Å². The van der Waals surface area contributed by atoms with Gasteiger partial charge in [-0.2, -0.15) is 0 Å². The molecule has 0 saturated heterocycles. The Kier molecular flexibility index (Phi) is 4.15. The van der Waals surface area contributed by atoms with E-state index < -0.39 is 12.0 Å². The lowest BCUT2D eigenvalue weighted by Gasteiger charge is -2.10. The topological polar surface area (TPSA) is 89.8 Å². The minimum atomic E-state index is -0.961. The summed E-state index contributed by atoms with van der Waals surface area (Å²) in [5.41, 5.74) is 0.641. The maximum absolute atomic E-state index is 10.7. The van der Waals surface area contributed by atoms with E-state index in [4.69, 9.17) is 10.2 Å². The summed E-state index contributed by atoms with van der Waals surface area (Å²) in [6.07, 6.45) is 0.242. The Morgan fingerprint density at radius 1 is 1.40 bits per heavy atom. The number of phenols is 2. The van der Waals surface area contributed by atoms with Crippen LogP contribution in [0.5, 0.6) is 11.5 Å². The van der Waals surface area contributed by atoms with Gasteiger partial charge in [0.2, 0.25) is 0 Å². The fourth-order valence-corrected chi connectivity index (χ4v) is 1.59. The SMILES string of the molecule is O=C(O)[C@H](Cc1ccc(O)c(O)c1)NI. The molecule has 1 rings (SSSR count). The van der Waals surface area contributed by atoms with E-state index in [0.29, 0.717) is 5.56 Å². The number of aliphatic carboxylic acids is 1. The number of benzene rings is 1. The summed E-state index contributed by atoms with van der Waals surface area (Å²) in [5, 5.41) is 27.0. The summed E-state index contributed by atoms with van der Waals surface area (Å²) in [6, 6.07) is 3.53. The second-order valence-corrected chi connectivity index (χ2v) is 3.65. The van der Waals surface area contributed by atoms with Gasteiger partial charge in [-0.25, -0.2) is 3.53 Å². The number of carbonyl (C=O) groups is 1. The highest BCUT2D eigenvalue weighted by molar-refractivity contribution is 14.1. The van der Waals surface area contributed by atoms with Gasteiger partial charge in [0.1, 0.15) is 6.04 Å². The first-order chi connectivity index (χ1) is 7.04. The number of carboxylic acid groups (broad SMARTS) is 1. The first kappa shape index (κ1) is 12.1. The Bertz CT molecular complexity index is 369. The Morgan fingerprint density at radius 2 is 2.07 bits per heavy atom. The van der Waals surface area contributed by atoms with Crippen molar-refractivity contribution in [2.75, 3.05) is 0 Å². The van der Waals surface area contributed by atoms with Crippen LogP contribution in [0.25, 0.3) is 0 Å². The van der Waals surface area contributed by atoms with E-state index in [9.17, 15) is 9.90 Å². The van der Waals surface area contributed by atoms with Gasteiger partial charge in [-0.3, -0.25) is 4.79 Å². The standard InChI is InChI=1S/C9H10INO4/c10-11-6(9(14)15)3-5-1-2-7(12)8(13)4-5/h1-2,4,6,11-13H,3H2,(H,14,15)/t6-/m0/s1. The number of halogens is 1. The second kappa shape index (κ2) is 5.17. The summed E-state index contributed by atoms with van der Waals surface area (Å²) in [6.45, 7) is 0. The lowest BCUT2D eigenvalue weighted by molar-refractivity contribution is -0.138. The summed E-state index contributed by atoms with van der Waals surface area (Å²) >= 11 is 1.76. The smallest absolute Gasteiger partial charge is 0.321 e. The molecule has 0 saturated carbocycles. The maximum Gasteiger partial charge on any atom is 0.321 e. The lowest BCUT2D eigenvalue weighted by atomic mass is 10.1.